The lowest BCUT2D eigenvalue weighted by Crippen LogP contribution is -2.39. The van der Waals surface area contributed by atoms with E-state index in [9.17, 15) is 4.79 Å². The summed E-state index contributed by atoms with van der Waals surface area (Å²) in [6, 6.07) is 7.75. The summed E-state index contributed by atoms with van der Waals surface area (Å²) in [5, 5.41) is 12.8. The first-order chi connectivity index (χ1) is 12.5. The number of imidazole rings is 1. The molecule has 0 atom stereocenters. The second-order valence-electron chi connectivity index (χ2n) is 6.67. The Morgan fingerprint density at radius 3 is 2.85 bits per heavy atom. The summed E-state index contributed by atoms with van der Waals surface area (Å²) in [5.74, 6) is 1.09. The van der Waals surface area contributed by atoms with Gasteiger partial charge in [0.05, 0.1) is 16.6 Å². The number of nitrogens with one attached hydrogen (secondary N) is 1. The normalized spacial score (nSPS) is 15.4. The number of benzene rings is 1. The zero-order valence-corrected chi connectivity index (χ0v) is 14.5. The average molecular weight is 355 g/mol. The Morgan fingerprint density at radius 1 is 1.38 bits per heavy atom. The molecule has 0 radical (unpaired) electrons. The monoisotopic (exact) mass is 355 g/mol. The maximum atomic E-state index is 11.2. The third kappa shape index (κ3) is 2.82. The van der Waals surface area contributed by atoms with Gasteiger partial charge in [-0.05, 0) is 25.8 Å². The number of nitrogen functional groups attached to an aromatic ring is 1. The van der Waals surface area contributed by atoms with Crippen molar-refractivity contribution in [3.05, 3.63) is 30.1 Å². The number of aromatic nitrogens is 3. The van der Waals surface area contributed by atoms with Crippen LogP contribution in [0.3, 0.4) is 0 Å². The van der Waals surface area contributed by atoms with Crippen LogP contribution in [0.15, 0.2) is 24.3 Å². The molecule has 1 amide bonds. The van der Waals surface area contributed by atoms with Crippen LogP contribution in [0, 0.1) is 0 Å². The van der Waals surface area contributed by atoms with E-state index in [-0.39, 0.29) is 0 Å². The Kier molecular flexibility index (Phi) is 3.91. The highest BCUT2D eigenvalue weighted by molar-refractivity contribution is 6.06. The lowest BCUT2D eigenvalue weighted by Gasteiger charge is -2.19. The third-order valence-electron chi connectivity index (χ3n) is 4.81. The van der Waals surface area contributed by atoms with Gasteiger partial charge in [-0.25, -0.2) is 14.8 Å². The number of pyridine rings is 1. The third-order valence-corrected chi connectivity index (χ3v) is 4.81. The number of fused-ring (bicyclic) bond motifs is 3. The van der Waals surface area contributed by atoms with Gasteiger partial charge in [-0.1, -0.05) is 18.2 Å². The van der Waals surface area contributed by atoms with Crippen molar-refractivity contribution in [3.63, 3.8) is 0 Å². The number of anilines is 1. The van der Waals surface area contributed by atoms with Gasteiger partial charge in [0.25, 0.3) is 0 Å². The molecule has 8 nitrogen and oxygen atoms in total. The zero-order valence-electron chi connectivity index (χ0n) is 14.5. The van der Waals surface area contributed by atoms with Gasteiger partial charge in [-0.2, -0.15) is 0 Å². The molecule has 1 aromatic carbocycles. The molecule has 8 heteroatoms. The van der Waals surface area contributed by atoms with E-state index < -0.39 is 11.6 Å². The number of rotatable bonds is 6. The predicted octanol–water partition coefficient (Wildman–Crippen LogP) is 2.50. The maximum absolute atomic E-state index is 11.2. The molecule has 1 aliphatic rings. The highest BCUT2D eigenvalue weighted by atomic mass is 16.5. The molecule has 0 saturated heterocycles. The molecule has 0 unspecified atom stereocenters. The molecule has 0 aliphatic heterocycles. The van der Waals surface area contributed by atoms with E-state index in [4.69, 9.17) is 15.6 Å². The van der Waals surface area contributed by atoms with Crippen LogP contribution < -0.4 is 11.1 Å². The summed E-state index contributed by atoms with van der Waals surface area (Å²) < 4.78 is 7.61. The Balaban J connectivity index is 1.91. The predicted molar refractivity (Wildman–Crippen MR) is 97.9 cm³/mol. The molecule has 1 aliphatic carbocycles. The molecule has 0 bridgehead atoms. The number of nitrogens with zero attached hydrogens (tertiary/aromatic N) is 3. The van der Waals surface area contributed by atoms with Crippen molar-refractivity contribution in [1.82, 2.24) is 19.9 Å². The van der Waals surface area contributed by atoms with Gasteiger partial charge in [0.15, 0.2) is 5.82 Å². The van der Waals surface area contributed by atoms with Crippen LogP contribution in [0.1, 0.15) is 25.6 Å². The van der Waals surface area contributed by atoms with Crippen LogP contribution >= 0.6 is 0 Å². The summed E-state index contributed by atoms with van der Waals surface area (Å²) in [6.07, 6.45) is 0.584. The van der Waals surface area contributed by atoms with E-state index in [1.807, 2.05) is 35.8 Å². The van der Waals surface area contributed by atoms with Crippen molar-refractivity contribution in [2.24, 2.45) is 0 Å². The van der Waals surface area contributed by atoms with Crippen LogP contribution in [-0.2, 0) is 17.9 Å². The highest BCUT2D eigenvalue weighted by Crippen LogP contribution is 2.39. The summed E-state index contributed by atoms with van der Waals surface area (Å²) >= 11 is 0. The fourth-order valence-corrected chi connectivity index (χ4v) is 3.38. The minimum absolute atomic E-state index is 0.335. The molecule has 2 aromatic heterocycles. The van der Waals surface area contributed by atoms with Crippen LogP contribution in [-0.4, -0.2) is 37.9 Å². The molecule has 1 saturated carbocycles. The van der Waals surface area contributed by atoms with Gasteiger partial charge in [0.1, 0.15) is 17.9 Å². The summed E-state index contributed by atoms with van der Waals surface area (Å²) in [4.78, 5) is 20.3. The van der Waals surface area contributed by atoms with E-state index >= 15 is 0 Å². The smallest absolute Gasteiger partial charge is 0.405 e. The zero-order chi connectivity index (χ0) is 18.3. The largest absolute Gasteiger partial charge is 0.465 e. The number of amides is 1. The van der Waals surface area contributed by atoms with Crippen LogP contribution in [0.25, 0.3) is 21.9 Å². The second-order valence-corrected chi connectivity index (χ2v) is 6.67. The fraction of sp³-hybridized carbons (Fsp3) is 0.389. The molecule has 1 fully saturated rings. The first kappa shape index (κ1) is 16.6. The van der Waals surface area contributed by atoms with Crippen LogP contribution in [0.5, 0.6) is 0 Å². The Labute approximate surface area is 150 Å². The van der Waals surface area contributed by atoms with Crippen molar-refractivity contribution in [2.45, 2.75) is 38.5 Å². The Hall–Kier alpha value is -2.87. The molecular formula is C18H21N5O3. The van der Waals surface area contributed by atoms with Crippen LogP contribution in [0.2, 0.25) is 0 Å². The molecule has 3 aromatic rings. The minimum atomic E-state index is -1.01. The molecule has 136 valence electrons. The highest BCUT2D eigenvalue weighted by Gasteiger charge is 2.45. The number of nitrogens with two attached hydrogens (primary N) is 1. The SMILES string of the molecule is CCOCc1nc2c(N)nc3ccccc3c2n1CC1(NC(=O)O)CC1. The van der Waals surface area contributed by atoms with Gasteiger partial charge in [-0.15, -0.1) is 0 Å². The Morgan fingerprint density at radius 2 is 2.15 bits per heavy atom. The number of hydrogen-bond donors (Lipinski definition) is 3. The van der Waals surface area contributed by atoms with Gasteiger partial charge in [0.2, 0.25) is 0 Å². The first-order valence-electron chi connectivity index (χ1n) is 8.65. The van der Waals surface area contributed by atoms with E-state index in [0.29, 0.717) is 31.1 Å². The molecule has 4 rings (SSSR count). The second kappa shape index (κ2) is 6.14. The average Bonchev–Trinajstić information content (AvgIpc) is 3.25. The maximum Gasteiger partial charge on any atom is 0.405 e. The minimum Gasteiger partial charge on any atom is -0.465 e. The first-order valence-corrected chi connectivity index (χ1v) is 8.65. The van der Waals surface area contributed by atoms with Gasteiger partial charge in [0, 0.05) is 18.5 Å². The van der Waals surface area contributed by atoms with E-state index in [0.717, 1.165) is 35.1 Å². The summed E-state index contributed by atoms with van der Waals surface area (Å²) in [6.45, 7) is 3.32. The lowest BCUT2D eigenvalue weighted by atomic mass is 10.1. The number of carboxylic acid groups (broad SMARTS) is 1. The number of hydrogen-bond acceptors (Lipinski definition) is 5. The Bertz CT molecular complexity index is 993. The van der Waals surface area contributed by atoms with Crippen molar-refractivity contribution < 1.29 is 14.6 Å². The number of carbonyl (C=O) groups is 1. The summed E-state index contributed by atoms with van der Waals surface area (Å²) in [5.41, 5.74) is 7.99. The van der Waals surface area contributed by atoms with E-state index in [2.05, 4.69) is 15.3 Å². The van der Waals surface area contributed by atoms with Crippen molar-refractivity contribution >= 4 is 33.8 Å². The van der Waals surface area contributed by atoms with E-state index in [1.165, 1.54) is 0 Å². The fourth-order valence-electron chi connectivity index (χ4n) is 3.38. The van der Waals surface area contributed by atoms with Crippen molar-refractivity contribution in [1.29, 1.82) is 0 Å². The van der Waals surface area contributed by atoms with E-state index in [1.54, 1.807) is 0 Å². The van der Waals surface area contributed by atoms with Gasteiger partial charge in [-0.3, -0.25) is 0 Å². The van der Waals surface area contributed by atoms with Gasteiger partial charge < -0.3 is 25.5 Å². The van der Waals surface area contributed by atoms with Crippen molar-refractivity contribution in [3.8, 4) is 0 Å². The topological polar surface area (TPSA) is 115 Å². The molecule has 26 heavy (non-hydrogen) atoms. The standard InChI is InChI=1S/C18H21N5O3/c1-2-26-9-13-21-14-15(11-5-3-4-6-12(11)20-16(14)19)23(13)10-18(7-8-18)22-17(24)25/h3-6,22H,2,7-10H2,1H3,(H2,19,20)(H,24,25). The molecule has 2 heterocycles. The summed E-state index contributed by atoms with van der Waals surface area (Å²) in [7, 11) is 0. The number of ether oxygens (including phenoxy) is 1. The molecular weight excluding hydrogens is 334 g/mol. The van der Waals surface area contributed by atoms with Crippen LogP contribution in [0.4, 0.5) is 10.6 Å². The quantitative estimate of drug-likeness (QED) is 0.626. The van der Waals surface area contributed by atoms with Crippen molar-refractivity contribution in [2.75, 3.05) is 12.3 Å². The lowest BCUT2D eigenvalue weighted by molar-refractivity contribution is 0.125. The molecule has 4 N–H and O–H groups in total. The molecule has 0 spiro atoms. The number of para-hydroxylation sites is 1. The van der Waals surface area contributed by atoms with Gasteiger partial charge >= 0.3 is 6.09 Å².